The van der Waals surface area contributed by atoms with Crippen LogP contribution in [0, 0.1) is 0 Å². The number of amides is 1. The number of rotatable bonds is 6. The number of fused-ring (bicyclic) bond motifs is 1. The van der Waals surface area contributed by atoms with Gasteiger partial charge in [0.15, 0.2) is 0 Å². The van der Waals surface area contributed by atoms with Crippen molar-refractivity contribution in [2.75, 3.05) is 10.8 Å². The lowest BCUT2D eigenvalue weighted by Crippen LogP contribution is -2.35. The minimum Gasteiger partial charge on any atom is -0.352 e. The average molecular weight is 455 g/mol. The van der Waals surface area contributed by atoms with Crippen LogP contribution in [0.25, 0.3) is 0 Å². The fourth-order valence-corrected chi connectivity index (χ4v) is 5.72. The Kier molecular flexibility index (Phi) is 6.03. The molecular weight excluding hydrogens is 432 g/mol. The smallest absolute Gasteiger partial charge is 0.264 e. The summed E-state index contributed by atoms with van der Waals surface area (Å²) in [7, 11) is -3.72. The number of nitrogens with zero attached hydrogens (tertiary/aromatic N) is 1. The lowest BCUT2D eigenvalue weighted by Gasteiger charge is -2.24. The maximum absolute atomic E-state index is 13.2. The molecule has 0 fully saturated rings. The van der Waals surface area contributed by atoms with Crippen LogP contribution >= 0.6 is 11.6 Å². The molecule has 0 unspecified atom stereocenters. The number of hydrogen-bond donors (Lipinski definition) is 1. The molecule has 160 valence electrons. The van der Waals surface area contributed by atoms with Crippen LogP contribution < -0.4 is 9.62 Å². The topological polar surface area (TPSA) is 66.5 Å². The first-order chi connectivity index (χ1) is 14.9. The molecule has 3 aromatic carbocycles. The lowest BCUT2D eigenvalue weighted by molar-refractivity contribution is 0.0954. The van der Waals surface area contributed by atoms with Crippen molar-refractivity contribution in [2.45, 2.75) is 30.7 Å². The second-order valence-electron chi connectivity index (χ2n) is 7.64. The van der Waals surface area contributed by atoms with E-state index in [0.29, 0.717) is 29.2 Å². The molecule has 0 aliphatic carbocycles. The number of nitrogens with one attached hydrogen (secondary N) is 1. The fourth-order valence-electron chi connectivity index (χ4n) is 3.90. The van der Waals surface area contributed by atoms with Gasteiger partial charge in [0.1, 0.15) is 0 Å². The number of halogens is 1. The second-order valence-corrected chi connectivity index (χ2v) is 9.89. The van der Waals surface area contributed by atoms with E-state index in [-0.39, 0.29) is 16.8 Å². The number of sulfonamides is 1. The summed E-state index contributed by atoms with van der Waals surface area (Å²) in [5.74, 6) is -0.162. The molecule has 5 nitrogen and oxygen atoms in total. The Morgan fingerprint density at radius 1 is 1.06 bits per heavy atom. The molecule has 0 saturated carbocycles. The summed E-state index contributed by atoms with van der Waals surface area (Å²) in [5, 5.41) is 3.42. The van der Waals surface area contributed by atoms with Crippen LogP contribution in [0.4, 0.5) is 5.69 Å². The van der Waals surface area contributed by atoms with Crippen LogP contribution in [-0.2, 0) is 22.9 Å². The van der Waals surface area contributed by atoms with E-state index in [1.807, 2.05) is 37.3 Å². The third kappa shape index (κ3) is 4.45. The Labute approximate surface area is 187 Å². The monoisotopic (exact) mass is 454 g/mol. The normalized spacial score (nSPS) is 15.5. The van der Waals surface area contributed by atoms with Gasteiger partial charge in [0, 0.05) is 23.2 Å². The summed E-state index contributed by atoms with van der Waals surface area (Å²) in [6, 6.07) is 21.1. The molecule has 0 spiro atoms. The Morgan fingerprint density at radius 2 is 1.77 bits per heavy atom. The van der Waals surface area contributed by atoms with Crippen LogP contribution in [0.5, 0.6) is 0 Å². The molecule has 1 heterocycles. The summed E-state index contributed by atoms with van der Waals surface area (Å²) in [5.41, 5.74) is 3.16. The van der Waals surface area contributed by atoms with Crippen LogP contribution in [0.2, 0.25) is 5.02 Å². The number of carbonyl (C=O) groups excluding carboxylic acids is 1. The molecular formula is C24H23ClN2O3S. The summed E-state index contributed by atoms with van der Waals surface area (Å²) >= 11 is 5.90. The molecule has 31 heavy (non-hydrogen) atoms. The van der Waals surface area contributed by atoms with E-state index in [9.17, 15) is 13.2 Å². The average Bonchev–Trinajstić information content (AvgIpc) is 3.10. The molecule has 3 aromatic rings. The van der Waals surface area contributed by atoms with Gasteiger partial charge in [0.25, 0.3) is 15.9 Å². The molecule has 4 rings (SSSR count). The van der Waals surface area contributed by atoms with E-state index in [4.69, 9.17) is 11.6 Å². The molecule has 1 N–H and O–H groups in total. The molecule has 1 aliphatic heterocycles. The molecule has 1 aliphatic rings. The van der Waals surface area contributed by atoms with Gasteiger partial charge < -0.3 is 5.32 Å². The SMILES string of the molecule is C[C@@H]1Cc2cc(C(=O)NCCc3ccccc3)ccc2N1S(=O)(=O)c1ccc(Cl)cc1. The van der Waals surface area contributed by atoms with Crippen molar-refractivity contribution in [3.05, 3.63) is 94.5 Å². The first kappa shape index (κ1) is 21.4. The third-order valence-corrected chi connectivity index (χ3v) is 7.60. The predicted octanol–water partition coefficient (Wildman–Crippen LogP) is 4.45. The van der Waals surface area contributed by atoms with Gasteiger partial charge in [0.05, 0.1) is 10.6 Å². The van der Waals surface area contributed by atoms with Crippen LogP contribution in [0.1, 0.15) is 28.4 Å². The maximum atomic E-state index is 13.2. The quantitative estimate of drug-likeness (QED) is 0.598. The summed E-state index contributed by atoms with van der Waals surface area (Å²) in [4.78, 5) is 12.8. The predicted molar refractivity (Wildman–Crippen MR) is 123 cm³/mol. The number of hydrogen-bond acceptors (Lipinski definition) is 3. The van der Waals surface area contributed by atoms with E-state index < -0.39 is 10.0 Å². The zero-order valence-electron chi connectivity index (χ0n) is 17.1. The summed E-state index contributed by atoms with van der Waals surface area (Å²) in [6.07, 6.45) is 1.30. The zero-order chi connectivity index (χ0) is 22.0. The van der Waals surface area contributed by atoms with Gasteiger partial charge >= 0.3 is 0 Å². The van der Waals surface area contributed by atoms with Gasteiger partial charge in [-0.25, -0.2) is 8.42 Å². The zero-order valence-corrected chi connectivity index (χ0v) is 18.7. The highest BCUT2D eigenvalue weighted by Gasteiger charge is 2.36. The minimum atomic E-state index is -3.72. The molecule has 0 aromatic heterocycles. The first-order valence-corrected chi connectivity index (χ1v) is 11.9. The van der Waals surface area contributed by atoms with E-state index in [0.717, 1.165) is 17.5 Å². The van der Waals surface area contributed by atoms with Crippen LogP contribution in [0.3, 0.4) is 0 Å². The van der Waals surface area contributed by atoms with Crippen molar-refractivity contribution in [3.63, 3.8) is 0 Å². The van der Waals surface area contributed by atoms with E-state index in [2.05, 4.69) is 5.32 Å². The Balaban J connectivity index is 1.51. The van der Waals surface area contributed by atoms with Gasteiger partial charge in [0.2, 0.25) is 0 Å². The van der Waals surface area contributed by atoms with Crippen molar-refractivity contribution in [3.8, 4) is 0 Å². The van der Waals surface area contributed by atoms with Gasteiger partial charge in [-0.3, -0.25) is 9.10 Å². The van der Waals surface area contributed by atoms with Crippen LogP contribution in [0.15, 0.2) is 77.7 Å². The minimum absolute atomic E-state index is 0.162. The van der Waals surface area contributed by atoms with Gasteiger partial charge in [-0.15, -0.1) is 0 Å². The van der Waals surface area contributed by atoms with Crippen molar-refractivity contribution < 1.29 is 13.2 Å². The maximum Gasteiger partial charge on any atom is 0.264 e. The number of carbonyl (C=O) groups is 1. The Morgan fingerprint density at radius 3 is 2.48 bits per heavy atom. The molecule has 0 radical (unpaired) electrons. The fraction of sp³-hybridized carbons (Fsp3) is 0.208. The summed E-state index contributed by atoms with van der Waals surface area (Å²) in [6.45, 7) is 2.40. The van der Waals surface area contributed by atoms with Crippen molar-refractivity contribution >= 4 is 33.2 Å². The molecule has 1 atom stereocenters. The van der Waals surface area contributed by atoms with Gasteiger partial charge in [-0.05, 0) is 73.4 Å². The van der Waals surface area contributed by atoms with E-state index >= 15 is 0 Å². The second kappa shape index (κ2) is 8.73. The van der Waals surface area contributed by atoms with Crippen molar-refractivity contribution in [1.29, 1.82) is 0 Å². The molecule has 0 bridgehead atoms. The lowest BCUT2D eigenvalue weighted by atomic mass is 10.1. The molecule has 1 amide bonds. The largest absolute Gasteiger partial charge is 0.352 e. The summed E-state index contributed by atoms with van der Waals surface area (Å²) < 4.78 is 27.9. The molecule has 7 heteroatoms. The highest BCUT2D eigenvalue weighted by molar-refractivity contribution is 7.92. The third-order valence-electron chi connectivity index (χ3n) is 5.41. The first-order valence-electron chi connectivity index (χ1n) is 10.1. The standard InChI is InChI=1S/C24H23ClN2O3S/c1-17-15-20-16-19(24(28)26-14-13-18-5-3-2-4-6-18)7-12-23(20)27(17)31(29,30)22-10-8-21(25)9-11-22/h2-12,16-17H,13-15H2,1H3,(H,26,28)/t17-/m1/s1. The molecule has 0 saturated heterocycles. The number of anilines is 1. The van der Waals surface area contributed by atoms with E-state index in [1.165, 1.54) is 16.4 Å². The Bertz CT molecular complexity index is 1200. The Hall–Kier alpha value is -2.83. The highest BCUT2D eigenvalue weighted by atomic mass is 35.5. The van der Waals surface area contributed by atoms with Gasteiger partial charge in [-0.2, -0.15) is 0 Å². The van der Waals surface area contributed by atoms with Gasteiger partial charge in [-0.1, -0.05) is 41.9 Å². The van der Waals surface area contributed by atoms with Crippen molar-refractivity contribution in [1.82, 2.24) is 5.32 Å². The highest BCUT2D eigenvalue weighted by Crippen LogP contribution is 2.37. The number of benzene rings is 3. The van der Waals surface area contributed by atoms with E-state index in [1.54, 1.807) is 30.3 Å². The van der Waals surface area contributed by atoms with Crippen molar-refractivity contribution in [2.24, 2.45) is 0 Å². The van der Waals surface area contributed by atoms with Crippen LogP contribution in [-0.4, -0.2) is 26.9 Å².